The van der Waals surface area contributed by atoms with Crippen molar-refractivity contribution in [2.75, 3.05) is 5.32 Å². The molecule has 0 saturated carbocycles. The number of carboxylic acid groups (broad SMARTS) is 1. The van der Waals surface area contributed by atoms with Crippen molar-refractivity contribution in [2.24, 2.45) is 7.05 Å². The van der Waals surface area contributed by atoms with Crippen LogP contribution in [-0.4, -0.2) is 30.8 Å². The molecular weight excluding hydrogens is 353 g/mol. The molecule has 0 aliphatic carbocycles. The molecule has 2 aromatic heterocycles. The van der Waals surface area contributed by atoms with Gasteiger partial charge in [0.1, 0.15) is 11.4 Å². The van der Waals surface area contributed by atoms with E-state index < -0.39 is 5.97 Å². The van der Waals surface area contributed by atoms with Crippen LogP contribution >= 0.6 is 23.2 Å². The van der Waals surface area contributed by atoms with Crippen LogP contribution in [0.2, 0.25) is 10.0 Å². The number of hydrogen-bond acceptors (Lipinski definition) is 5. The van der Waals surface area contributed by atoms with Crippen molar-refractivity contribution in [3.63, 3.8) is 0 Å². The van der Waals surface area contributed by atoms with Crippen molar-refractivity contribution in [3.05, 3.63) is 52.3 Å². The van der Waals surface area contributed by atoms with E-state index in [9.17, 15) is 4.79 Å². The van der Waals surface area contributed by atoms with E-state index in [0.29, 0.717) is 33.1 Å². The zero-order valence-corrected chi connectivity index (χ0v) is 13.9. The van der Waals surface area contributed by atoms with Gasteiger partial charge in [-0.15, -0.1) is 0 Å². The Labute approximate surface area is 146 Å². The van der Waals surface area contributed by atoms with Gasteiger partial charge in [-0.1, -0.05) is 23.2 Å². The summed E-state index contributed by atoms with van der Waals surface area (Å²) in [6.07, 6.45) is 1.55. The maximum atomic E-state index is 11.1. The van der Waals surface area contributed by atoms with Crippen LogP contribution in [0.15, 0.2) is 36.5 Å². The van der Waals surface area contributed by atoms with Crippen LogP contribution in [0.1, 0.15) is 10.5 Å². The van der Waals surface area contributed by atoms with E-state index in [2.05, 4.69) is 20.4 Å². The first kappa shape index (κ1) is 16.2. The van der Waals surface area contributed by atoms with Gasteiger partial charge >= 0.3 is 5.97 Å². The van der Waals surface area contributed by atoms with Crippen molar-refractivity contribution >= 4 is 40.8 Å². The second kappa shape index (κ2) is 6.46. The number of halogens is 2. The molecule has 0 amide bonds. The average Bonchev–Trinajstić information content (AvgIpc) is 2.89. The molecule has 24 heavy (non-hydrogen) atoms. The summed E-state index contributed by atoms with van der Waals surface area (Å²) in [5.74, 6) is -0.745. The number of aromatic nitrogens is 4. The molecule has 0 unspecified atom stereocenters. The van der Waals surface area contributed by atoms with Crippen LogP contribution in [0.25, 0.3) is 11.4 Å². The Morgan fingerprint density at radius 1 is 1.17 bits per heavy atom. The largest absolute Gasteiger partial charge is 0.477 e. The Hall–Kier alpha value is -2.64. The Morgan fingerprint density at radius 3 is 2.50 bits per heavy atom. The number of nitrogens with one attached hydrogen (secondary N) is 1. The van der Waals surface area contributed by atoms with Crippen molar-refractivity contribution in [1.82, 2.24) is 19.7 Å². The number of hydrogen-bond donors (Lipinski definition) is 2. The summed E-state index contributed by atoms with van der Waals surface area (Å²) >= 11 is 11.9. The first-order valence-electron chi connectivity index (χ1n) is 6.76. The first-order valence-corrected chi connectivity index (χ1v) is 7.52. The Kier molecular flexibility index (Phi) is 4.37. The lowest BCUT2D eigenvalue weighted by Crippen LogP contribution is -2.04. The predicted molar refractivity (Wildman–Crippen MR) is 90.9 cm³/mol. The average molecular weight is 364 g/mol. The fourth-order valence-electron chi connectivity index (χ4n) is 2.11. The zero-order valence-electron chi connectivity index (χ0n) is 12.4. The SMILES string of the molecule is Cn1nc(-c2ccnc(Nc3cc(Cl)cc(Cl)c3)n2)cc1C(=O)O. The van der Waals surface area contributed by atoms with Gasteiger partial charge in [0.25, 0.3) is 0 Å². The number of carboxylic acids is 1. The highest BCUT2D eigenvalue weighted by atomic mass is 35.5. The van der Waals surface area contributed by atoms with Gasteiger partial charge in [0.15, 0.2) is 0 Å². The summed E-state index contributed by atoms with van der Waals surface area (Å²) in [5.41, 5.74) is 1.63. The predicted octanol–water partition coefficient (Wildman–Crippen LogP) is 3.63. The van der Waals surface area contributed by atoms with Crippen LogP contribution in [0.4, 0.5) is 11.6 Å². The fraction of sp³-hybridized carbons (Fsp3) is 0.0667. The molecule has 3 aromatic rings. The third kappa shape index (κ3) is 3.47. The molecule has 0 atom stereocenters. The lowest BCUT2D eigenvalue weighted by Gasteiger charge is -2.06. The Morgan fingerprint density at radius 2 is 1.88 bits per heavy atom. The second-order valence-corrected chi connectivity index (χ2v) is 5.77. The van der Waals surface area contributed by atoms with Gasteiger partial charge in [0.05, 0.1) is 5.69 Å². The van der Waals surface area contributed by atoms with Gasteiger partial charge in [0, 0.05) is 35.0 Å². The van der Waals surface area contributed by atoms with E-state index >= 15 is 0 Å². The maximum absolute atomic E-state index is 11.1. The van der Waals surface area contributed by atoms with Gasteiger partial charge in [0.2, 0.25) is 5.95 Å². The van der Waals surface area contributed by atoms with Crippen LogP contribution in [0, 0.1) is 0 Å². The standard InChI is InChI=1S/C15H11Cl2N5O2/c1-22-13(14(23)24)7-12(21-22)11-2-3-18-15(20-11)19-10-5-8(16)4-9(17)6-10/h2-7H,1H3,(H,23,24)(H,18,19,20). The molecule has 9 heteroatoms. The van der Waals surface area contributed by atoms with Gasteiger partial charge in [-0.3, -0.25) is 4.68 Å². The topological polar surface area (TPSA) is 92.9 Å². The molecule has 3 rings (SSSR count). The highest BCUT2D eigenvalue weighted by molar-refractivity contribution is 6.35. The summed E-state index contributed by atoms with van der Waals surface area (Å²) in [5, 5.41) is 17.2. The van der Waals surface area contributed by atoms with Gasteiger partial charge < -0.3 is 10.4 Å². The highest BCUT2D eigenvalue weighted by Crippen LogP contribution is 2.25. The summed E-state index contributed by atoms with van der Waals surface area (Å²) in [6, 6.07) is 8.08. The normalized spacial score (nSPS) is 10.6. The summed E-state index contributed by atoms with van der Waals surface area (Å²) in [7, 11) is 1.56. The van der Waals surface area contributed by atoms with Gasteiger partial charge in [-0.2, -0.15) is 5.10 Å². The zero-order chi connectivity index (χ0) is 17.3. The quantitative estimate of drug-likeness (QED) is 0.735. The monoisotopic (exact) mass is 363 g/mol. The number of aromatic carboxylic acids is 1. The number of carbonyl (C=O) groups is 1. The number of anilines is 2. The molecule has 122 valence electrons. The number of benzene rings is 1. The molecule has 0 fully saturated rings. The fourth-order valence-corrected chi connectivity index (χ4v) is 2.64. The molecule has 2 N–H and O–H groups in total. The minimum absolute atomic E-state index is 0.0692. The molecule has 0 aliphatic rings. The molecule has 7 nitrogen and oxygen atoms in total. The highest BCUT2D eigenvalue weighted by Gasteiger charge is 2.14. The molecular formula is C15H11Cl2N5O2. The van der Waals surface area contributed by atoms with Gasteiger partial charge in [-0.05, 0) is 24.3 Å². The smallest absolute Gasteiger partial charge is 0.354 e. The van der Waals surface area contributed by atoms with E-state index in [1.807, 2.05) is 0 Å². The maximum Gasteiger partial charge on any atom is 0.354 e. The Bertz CT molecular complexity index is 906. The van der Waals surface area contributed by atoms with Crippen LogP contribution in [0.5, 0.6) is 0 Å². The van der Waals surface area contributed by atoms with E-state index in [1.54, 1.807) is 37.5 Å². The number of rotatable bonds is 4. The van der Waals surface area contributed by atoms with Crippen molar-refractivity contribution in [2.45, 2.75) is 0 Å². The molecule has 0 bridgehead atoms. The Balaban J connectivity index is 1.91. The van der Waals surface area contributed by atoms with Gasteiger partial charge in [-0.25, -0.2) is 14.8 Å². The van der Waals surface area contributed by atoms with E-state index in [1.165, 1.54) is 10.7 Å². The van der Waals surface area contributed by atoms with Crippen molar-refractivity contribution in [3.8, 4) is 11.4 Å². The second-order valence-electron chi connectivity index (χ2n) is 4.89. The molecule has 0 spiro atoms. The minimum atomic E-state index is -1.06. The van der Waals surface area contributed by atoms with Crippen LogP contribution in [-0.2, 0) is 7.05 Å². The third-order valence-corrected chi connectivity index (χ3v) is 3.57. The van der Waals surface area contributed by atoms with E-state index in [-0.39, 0.29) is 5.69 Å². The van der Waals surface area contributed by atoms with Crippen molar-refractivity contribution in [1.29, 1.82) is 0 Å². The lowest BCUT2D eigenvalue weighted by molar-refractivity contribution is 0.0685. The minimum Gasteiger partial charge on any atom is -0.477 e. The third-order valence-electron chi connectivity index (χ3n) is 3.14. The summed E-state index contributed by atoms with van der Waals surface area (Å²) < 4.78 is 1.28. The van der Waals surface area contributed by atoms with Crippen LogP contribution in [0.3, 0.4) is 0 Å². The summed E-state index contributed by atoms with van der Waals surface area (Å²) in [4.78, 5) is 19.6. The molecule has 2 heterocycles. The summed E-state index contributed by atoms with van der Waals surface area (Å²) in [6.45, 7) is 0. The first-order chi connectivity index (χ1) is 11.4. The lowest BCUT2D eigenvalue weighted by atomic mass is 10.2. The van der Waals surface area contributed by atoms with E-state index in [4.69, 9.17) is 28.3 Å². The van der Waals surface area contributed by atoms with Crippen LogP contribution < -0.4 is 5.32 Å². The van der Waals surface area contributed by atoms with E-state index in [0.717, 1.165) is 0 Å². The number of aryl methyl sites for hydroxylation is 1. The number of nitrogens with zero attached hydrogens (tertiary/aromatic N) is 4. The van der Waals surface area contributed by atoms with Crippen molar-refractivity contribution < 1.29 is 9.90 Å². The molecule has 0 saturated heterocycles. The molecule has 0 radical (unpaired) electrons. The molecule has 1 aromatic carbocycles. The molecule has 0 aliphatic heterocycles.